The van der Waals surface area contributed by atoms with E-state index in [1.165, 1.54) is 18.3 Å². The van der Waals surface area contributed by atoms with E-state index in [1.54, 1.807) is 0 Å². The van der Waals surface area contributed by atoms with Crippen molar-refractivity contribution in [1.29, 1.82) is 0 Å². The minimum absolute atomic E-state index is 0.0600. The van der Waals surface area contributed by atoms with E-state index in [1.807, 2.05) is 0 Å². The summed E-state index contributed by atoms with van der Waals surface area (Å²) in [5, 5.41) is 3.63. The van der Waals surface area contributed by atoms with Crippen molar-refractivity contribution in [1.82, 2.24) is 5.16 Å². The van der Waals surface area contributed by atoms with Crippen molar-refractivity contribution in [3.8, 4) is 0 Å². The lowest BCUT2D eigenvalue weighted by molar-refractivity contribution is 0.103. The maximum absolute atomic E-state index is 14.2. The van der Waals surface area contributed by atoms with Crippen LogP contribution in [0.4, 0.5) is 4.39 Å². The van der Waals surface area contributed by atoms with Crippen LogP contribution in [0.3, 0.4) is 0 Å². The van der Waals surface area contributed by atoms with E-state index in [9.17, 15) is 13.4 Å². The summed E-state index contributed by atoms with van der Waals surface area (Å²) in [5.41, 5.74) is 0.741. The Bertz CT molecular complexity index is 742. The topological polar surface area (TPSA) is 60.2 Å². The Morgan fingerprint density at radius 3 is 2.86 bits per heavy atom. The first-order chi connectivity index (χ1) is 10.6. The van der Waals surface area contributed by atoms with Gasteiger partial charge in [-0.2, -0.15) is 0 Å². The molecule has 0 unspecified atom stereocenters. The van der Waals surface area contributed by atoms with Gasteiger partial charge in [-0.25, -0.2) is 4.39 Å². The van der Waals surface area contributed by atoms with E-state index in [2.05, 4.69) is 5.16 Å². The standard InChI is InChI=1S/C15H12ClFNO3S/c16-12-4-3-10(9(13(12)17)5-6-22-20)14(19)11-7-18-21-15(11)8-1-2-8/h3-4,7-8H,1-2,5-6H2/q+1. The van der Waals surface area contributed by atoms with E-state index in [0.29, 0.717) is 23.0 Å². The molecule has 1 fully saturated rings. The number of hydrogen-bond acceptors (Lipinski definition) is 4. The highest BCUT2D eigenvalue weighted by molar-refractivity contribution is 7.65. The van der Waals surface area contributed by atoms with Crippen molar-refractivity contribution < 1.29 is 17.9 Å². The van der Waals surface area contributed by atoms with E-state index in [0.717, 1.165) is 12.8 Å². The molecule has 1 saturated carbocycles. The molecule has 1 aliphatic carbocycles. The Labute approximate surface area is 135 Å². The van der Waals surface area contributed by atoms with Gasteiger partial charge in [0.05, 0.1) is 16.8 Å². The van der Waals surface area contributed by atoms with Crippen LogP contribution >= 0.6 is 11.6 Å². The van der Waals surface area contributed by atoms with Gasteiger partial charge in [0.2, 0.25) is 5.75 Å². The molecule has 0 aliphatic heterocycles. The summed E-state index contributed by atoms with van der Waals surface area (Å²) in [4.78, 5) is 12.7. The van der Waals surface area contributed by atoms with E-state index in [4.69, 9.17) is 16.1 Å². The van der Waals surface area contributed by atoms with Crippen molar-refractivity contribution in [3.05, 3.63) is 51.6 Å². The zero-order chi connectivity index (χ0) is 15.7. The first-order valence-electron chi connectivity index (χ1n) is 6.84. The number of nitrogens with zero attached hydrogens (tertiary/aromatic N) is 1. The van der Waals surface area contributed by atoms with Crippen molar-refractivity contribution in [2.45, 2.75) is 25.2 Å². The van der Waals surface area contributed by atoms with Gasteiger partial charge in [0.25, 0.3) is 0 Å². The van der Waals surface area contributed by atoms with Crippen LogP contribution in [0.1, 0.15) is 46.0 Å². The summed E-state index contributed by atoms with van der Waals surface area (Å²) in [6.45, 7) is 0. The van der Waals surface area contributed by atoms with Crippen molar-refractivity contribution in [3.63, 3.8) is 0 Å². The van der Waals surface area contributed by atoms with Crippen LogP contribution in [-0.4, -0.2) is 16.7 Å². The lowest BCUT2D eigenvalue weighted by Gasteiger charge is -2.08. The lowest BCUT2D eigenvalue weighted by Crippen LogP contribution is -2.10. The summed E-state index contributed by atoms with van der Waals surface area (Å²) in [7, 11) is 0. The van der Waals surface area contributed by atoms with E-state index < -0.39 is 5.82 Å². The average molecular weight is 341 g/mol. The van der Waals surface area contributed by atoms with Gasteiger partial charge in [0.15, 0.2) is 11.5 Å². The summed E-state index contributed by atoms with van der Waals surface area (Å²) in [6.07, 6.45) is 3.44. The third-order valence-electron chi connectivity index (χ3n) is 3.67. The molecule has 0 radical (unpaired) electrons. The molecule has 1 heterocycles. The molecule has 22 heavy (non-hydrogen) atoms. The van der Waals surface area contributed by atoms with Gasteiger partial charge in [-0.3, -0.25) is 4.79 Å². The fourth-order valence-electron chi connectivity index (χ4n) is 2.40. The zero-order valence-electron chi connectivity index (χ0n) is 11.5. The molecule has 3 rings (SSSR count). The molecule has 114 valence electrons. The number of carbonyl (C=O) groups excluding carboxylic acids is 1. The molecule has 0 saturated heterocycles. The smallest absolute Gasteiger partial charge is 0.360 e. The first kappa shape index (κ1) is 15.2. The molecule has 0 amide bonds. The third kappa shape index (κ3) is 2.80. The van der Waals surface area contributed by atoms with Crippen molar-refractivity contribution in [2.24, 2.45) is 0 Å². The number of benzene rings is 1. The molecule has 0 bridgehead atoms. The second-order valence-electron chi connectivity index (χ2n) is 5.17. The van der Waals surface area contributed by atoms with Gasteiger partial charge in [-0.1, -0.05) is 16.8 Å². The van der Waals surface area contributed by atoms with E-state index >= 15 is 0 Å². The largest absolute Gasteiger partial charge is 0.459 e. The molecule has 2 aromatic rings. The Kier molecular flexibility index (Phi) is 4.31. The molecule has 0 N–H and O–H groups in total. The molecule has 0 spiro atoms. The minimum Gasteiger partial charge on any atom is -0.360 e. The number of hydrogen-bond donors (Lipinski definition) is 0. The van der Waals surface area contributed by atoms with E-state index in [-0.39, 0.29) is 40.0 Å². The molecular weight excluding hydrogens is 329 g/mol. The van der Waals surface area contributed by atoms with Crippen LogP contribution in [0.25, 0.3) is 0 Å². The maximum atomic E-state index is 14.2. The quantitative estimate of drug-likeness (QED) is 0.596. The molecule has 1 aromatic heterocycles. The summed E-state index contributed by atoms with van der Waals surface area (Å²) in [5.74, 6) is -0.0456. The number of halogens is 2. The van der Waals surface area contributed by atoms with Gasteiger partial charge >= 0.3 is 11.7 Å². The average Bonchev–Trinajstić information content (AvgIpc) is 3.25. The zero-order valence-corrected chi connectivity index (χ0v) is 13.0. The lowest BCUT2D eigenvalue weighted by atomic mass is 9.96. The predicted octanol–water partition coefficient (Wildman–Crippen LogP) is 3.55. The number of ketones is 1. The molecule has 1 aromatic carbocycles. The van der Waals surface area contributed by atoms with Gasteiger partial charge in [0, 0.05) is 27.7 Å². The Morgan fingerprint density at radius 1 is 1.41 bits per heavy atom. The highest BCUT2D eigenvalue weighted by Crippen LogP contribution is 2.42. The molecule has 7 heteroatoms. The molecule has 1 aliphatic rings. The summed E-state index contributed by atoms with van der Waals surface area (Å²) >= 11 is 6.13. The third-order valence-corrected chi connectivity index (χ3v) is 4.33. The first-order valence-corrected chi connectivity index (χ1v) is 8.13. The normalized spacial score (nSPS) is 14.1. The SMILES string of the molecule is O=[S+]CCc1c(C(=O)c2cnoc2C2CC2)ccc(Cl)c1F. The number of carbonyl (C=O) groups is 1. The van der Waals surface area contributed by atoms with Gasteiger partial charge < -0.3 is 4.52 Å². The fraction of sp³-hybridized carbons (Fsp3) is 0.333. The predicted molar refractivity (Wildman–Crippen MR) is 79.9 cm³/mol. The van der Waals surface area contributed by atoms with Crippen LogP contribution in [0.5, 0.6) is 0 Å². The highest BCUT2D eigenvalue weighted by atomic mass is 35.5. The minimum atomic E-state index is -0.647. The second-order valence-corrected chi connectivity index (χ2v) is 6.22. The van der Waals surface area contributed by atoms with Gasteiger partial charge in [-0.05, 0) is 25.0 Å². The highest BCUT2D eigenvalue weighted by Gasteiger charge is 2.33. The van der Waals surface area contributed by atoms with Crippen LogP contribution in [0.2, 0.25) is 5.02 Å². The van der Waals surface area contributed by atoms with Gasteiger partial charge in [-0.15, -0.1) is 0 Å². The molecular formula is C15H12ClFNO3S+. The number of rotatable bonds is 6. The molecule has 4 nitrogen and oxygen atoms in total. The van der Waals surface area contributed by atoms with Gasteiger partial charge in [0.1, 0.15) is 5.82 Å². The second kappa shape index (κ2) is 6.22. The Hall–Kier alpha value is -1.66. The van der Waals surface area contributed by atoms with Crippen LogP contribution in [0.15, 0.2) is 22.9 Å². The summed E-state index contributed by atoms with van der Waals surface area (Å²) < 4.78 is 30.0. The maximum Gasteiger partial charge on any atom is 0.459 e. The summed E-state index contributed by atoms with van der Waals surface area (Å²) in [6, 6.07) is 2.84. The fourth-order valence-corrected chi connectivity index (χ4v) is 2.86. The Morgan fingerprint density at radius 2 is 2.18 bits per heavy atom. The Balaban J connectivity index is 2.02. The van der Waals surface area contributed by atoms with Crippen molar-refractivity contribution >= 4 is 29.1 Å². The number of aromatic nitrogens is 1. The van der Waals surface area contributed by atoms with Crippen molar-refractivity contribution in [2.75, 3.05) is 5.75 Å². The van der Waals surface area contributed by atoms with Crippen LogP contribution < -0.4 is 0 Å². The molecule has 0 atom stereocenters. The monoisotopic (exact) mass is 340 g/mol. The van der Waals surface area contributed by atoms with Crippen LogP contribution in [-0.2, 0) is 22.3 Å². The van der Waals surface area contributed by atoms with Crippen LogP contribution in [0, 0.1) is 5.82 Å².